The van der Waals surface area contributed by atoms with Crippen LogP contribution in [-0.2, 0) is 6.54 Å². The molecule has 0 saturated heterocycles. The first-order valence-corrected chi connectivity index (χ1v) is 10.7. The molecule has 0 radical (unpaired) electrons. The van der Waals surface area contributed by atoms with Gasteiger partial charge in [-0.1, -0.05) is 18.2 Å². The molecule has 0 bridgehead atoms. The van der Waals surface area contributed by atoms with Gasteiger partial charge in [0.15, 0.2) is 5.65 Å². The predicted molar refractivity (Wildman–Crippen MR) is 121 cm³/mol. The largest absolute Gasteiger partial charge is 0.322 e. The van der Waals surface area contributed by atoms with Gasteiger partial charge >= 0.3 is 0 Å². The molecule has 4 heterocycles. The minimum atomic E-state index is -0.242. The van der Waals surface area contributed by atoms with Gasteiger partial charge in [-0.15, -0.1) is 11.3 Å². The van der Waals surface area contributed by atoms with Gasteiger partial charge < -0.3 is 5.32 Å². The molecule has 154 valence electrons. The van der Waals surface area contributed by atoms with Gasteiger partial charge in [0, 0.05) is 17.6 Å². The first-order valence-electron chi connectivity index (χ1n) is 9.86. The Balaban J connectivity index is 1.40. The average molecular weight is 429 g/mol. The van der Waals surface area contributed by atoms with E-state index in [-0.39, 0.29) is 5.91 Å². The number of nitrogens with zero attached hydrogens (tertiary/aromatic N) is 5. The van der Waals surface area contributed by atoms with Crippen molar-refractivity contribution in [1.29, 1.82) is 0 Å². The monoisotopic (exact) mass is 428 g/mol. The highest BCUT2D eigenvalue weighted by atomic mass is 32.1. The Morgan fingerprint density at radius 3 is 2.81 bits per heavy atom. The van der Waals surface area contributed by atoms with E-state index in [2.05, 4.69) is 20.5 Å². The van der Waals surface area contributed by atoms with E-state index in [1.54, 1.807) is 28.2 Å². The number of carbonyl (C=O) groups excluding carboxylic acids is 1. The summed E-state index contributed by atoms with van der Waals surface area (Å²) >= 11 is 1.62. The summed E-state index contributed by atoms with van der Waals surface area (Å²) in [7, 11) is 0. The van der Waals surface area contributed by atoms with Crippen LogP contribution < -0.4 is 5.32 Å². The summed E-state index contributed by atoms with van der Waals surface area (Å²) in [6.45, 7) is 4.66. The summed E-state index contributed by atoms with van der Waals surface area (Å²) in [6.07, 6.45) is 3.27. The lowest BCUT2D eigenvalue weighted by Gasteiger charge is -2.08. The van der Waals surface area contributed by atoms with Gasteiger partial charge in [0.05, 0.1) is 29.0 Å². The fourth-order valence-corrected chi connectivity index (χ4v) is 4.35. The molecule has 0 atom stereocenters. The number of nitrogens with one attached hydrogen (secondary N) is 1. The van der Waals surface area contributed by atoms with Gasteiger partial charge in [0.1, 0.15) is 5.56 Å². The molecular weight excluding hydrogens is 408 g/mol. The number of anilines is 1. The van der Waals surface area contributed by atoms with Gasteiger partial charge in [-0.2, -0.15) is 10.2 Å². The Hall–Kier alpha value is -3.78. The zero-order valence-corrected chi connectivity index (χ0v) is 17.9. The molecule has 5 rings (SSSR count). The van der Waals surface area contributed by atoms with Crippen molar-refractivity contribution in [2.45, 2.75) is 20.4 Å². The summed E-state index contributed by atoms with van der Waals surface area (Å²) in [5, 5.41) is 13.9. The minimum absolute atomic E-state index is 0.242. The first-order chi connectivity index (χ1) is 15.1. The molecule has 0 spiro atoms. The Bertz CT molecular complexity index is 1380. The van der Waals surface area contributed by atoms with Crippen LogP contribution in [0.4, 0.5) is 5.69 Å². The van der Waals surface area contributed by atoms with Crippen LogP contribution in [0.1, 0.15) is 27.3 Å². The molecule has 0 saturated carbocycles. The van der Waals surface area contributed by atoms with E-state index in [4.69, 9.17) is 0 Å². The molecule has 1 N–H and O–H groups in total. The number of aromatic nitrogens is 5. The lowest BCUT2D eigenvalue weighted by molar-refractivity contribution is 0.102. The van der Waals surface area contributed by atoms with E-state index < -0.39 is 0 Å². The minimum Gasteiger partial charge on any atom is -0.322 e. The van der Waals surface area contributed by atoms with Crippen molar-refractivity contribution in [1.82, 2.24) is 24.4 Å². The Morgan fingerprint density at radius 1 is 1.13 bits per heavy atom. The number of aryl methyl sites for hydroxylation is 2. The number of rotatable bonds is 5. The zero-order valence-electron chi connectivity index (χ0n) is 17.1. The van der Waals surface area contributed by atoms with E-state index in [9.17, 15) is 4.79 Å². The van der Waals surface area contributed by atoms with Crippen LogP contribution in [0.15, 0.2) is 66.3 Å². The molecular formula is C23H20N6OS. The maximum absolute atomic E-state index is 13.0. The maximum atomic E-state index is 13.0. The van der Waals surface area contributed by atoms with Gasteiger partial charge in [-0.3, -0.25) is 9.48 Å². The fraction of sp³-hybridized carbons (Fsp3) is 0.130. The highest BCUT2D eigenvalue weighted by Crippen LogP contribution is 2.25. The number of hydrogen-bond acceptors (Lipinski definition) is 5. The third kappa shape index (κ3) is 3.73. The summed E-state index contributed by atoms with van der Waals surface area (Å²) in [6, 6.07) is 15.8. The van der Waals surface area contributed by atoms with Crippen LogP contribution in [0.5, 0.6) is 0 Å². The second-order valence-electron chi connectivity index (χ2n) is 7.34. The number of amides is 1. The van der Waals surface area contributed by atoms with E-state index in [0.717, 1.165) is 33.2 Å². The molecule has 0 fully saturated rings. The van der Waals surface area contributed by atoms with Crippen molar-refractivity contribution in [2.24, 2.45) is 0 Å². The molecule has 0 aliphatic heterocycles. The smallest absolute Gasteiger partial charge is 0.261 e. The van der Waals surface area contributed by atoms with Crippen LogP contribution in [0.2, 0.25) is 0 Å². The van der Waals surface area contributed by atoms with Gasteiger partial charge in [-0.05, 0) is 55.1 Å². The van der Waals surface area contributed by atoms with Crippen molar-refractivity contribution in [3.63, 3.8) is 0 Å². The molecule has 0 aliphatic rings. The standard InChI is InChI=1S/C23H20N6OS/c1-15-11-16(2)28(27-15)14-17-5-3-6-18(12-17)26-23(30)19-13-25-29-20(8-9-24-22(19)29)21-7-4-10-31-21/h3-13H,14H2,1-2H3,(H,26,30). The number of hydrogen-bond donors (Lipinski definition) is 1. The number of thiophene rings is 1. The lowest BCUT2D eigenvalue weighted by Crippen LogP contribution is -2.12. The maximum Gasteiger partial charge on any atom is 0.261 e. The Morgan fingerprint density at radius 2 is 2.03 bits per heavy atom. The molecule has 1 amide bonds. The van der Waals surface area contributed by atoms with Crippen LogP contribution in [0.3, 0.4) is 0 Å². The van der Waals surface area contributed by atoms with Gasteiger partial charge in [0.2, 0.25) is 0 Å². The normalized spacial score (nSPS) is 11.2. The molecule has 8 heteroatoms. The SMILES string of the molecule is Cc1cc(C)n(Cc2cccc(NC(=O)c3cnn4c(-c5cccs5)ccnc34)c2)n1. The van der Waals surface area contributed by atoms with Crippen molar-refractivity contribution >= 4 is 28.6 Å². The molecule has 5 aromatic rings. The number of benzene rings is 1. The Labute approximate surface area is 183 Å². The van der Waals surface area contributed by atoms with Crippen LogP contribution in [-0.4, -0.2) is 30.3 Å². The van der Waals surface area contributed by atoms with Crippen molar-refractivity contribution in [3.8, 4) is 10.6 Å². The van der Waals surface area contributed by atoms with Crippen LogP contribution in [0, 0.1) is 13.8 Å². The summed E-state index contributed by atoms with van der Waals surface area (Å²) in [5.74, 6) is -0.242. The van der Waals surface area contributed by atoms with Crippen molar-refractivity contribution in [2.75, 3.05) is 5.32 Å². The number of fused-ring (bicyclic) bond motifs is 1. The molecule has 7 nitrogen and oxygen atoms in total. The van der Waals surface area contributed by atoms with Gasteiger partial charge in [0.25, 0.3) is 5.91 Å². The zero-order chi connectivity index (χ0) is 21.4. The molecule has 4 aromatic heterocycles. The number of carbonyl (C=O) groups is 1. The molecule has 0 aliphatic carbocycles. The molecule has 0 unspecified atom stereocenters. The van der Waals surface area contributed by atoms with E-state index in [0.29, 0.717) is 17.8 Å². The van der Waals surface area contributed by atoms with Crippen LogP contribution >= 0.6 is 11.3 Å². The molecule has 1 aromatic carbocycles. The Kier molecular flexibility index (Phi) is 4.83. The van der Waals surface area contributed by atoms with E-state index in [1.807, 2.05) is 72.4 Å². The highest BCUT2D eigenvalue weighted by Gasteiger charge is 2.17. The van der Waals surface area contributed by atoms with Crippen molar-refractivity contribution in [3.05, 3.63) is 88.8 Å². The lowest BCUT2D eigenvalue weighted by atomic mass is 10.2. The van der Waals surface area contributed by atoms with Crippen LogP contribution in [0.25, 0.3) is 16.2 Å². The summed E-state index contributed by atoms with van der Waals surface area (Å²) < 4.78 is 3.66. The summed E-state index contributed by atoms with van der Waals surface area (Å²) in [5.41, 5.74) is 5.74. The van der Waals surface area contributed by atoms with Gasteiger partial charge in [-0.25, -0.2) is 9.50 Å². The third-order valence-corrected chi connectivity index (χ3v) is 5.93. The first kappa shape index (κ1) is 19.2. The highest BCUT2D eigenvalue weighted by molar-refractivity contribution is 7.13. The topological polar surface area (TPSA) is 77.1 Å². The fourth-order valence-electron chi connectivity index (χ4n) is 3.62. The third-order valence-electron chi connectivity index (χ3n) is 5.04. The van der Waals surface area contributed by atoms with E-state index >= 15 is 0 Å². The quantitative estimate of drug-likeness (QED) is 0.445. The second kappa shape index (κ2) is 7.81. The van der Waals surface area contributed by atoms with Crippen molar-refractivity contribution < 1.29 is 4.79 Å². The second-order valence-corrected chi connectivity index (χ2v) is 8.29. The predicted octanol–water partition coefficient (Wildman–Crippen LogP) is 4.57. The van der Waals surface area contributed by atoms with E-state index in [1.165, 1.54) is 0 Å². The average Bonchev–Trinajstić information content (AvgIpc) is 3.48. The summed E-state index contributed by atoms with van der Waals surface area (Å²) in [4.78, 5) is 18.5. The molecule has 31 heavy (non-hydrogen) atoms.